The van der Waals surface area contributed by atoms with E-state index in [2.05, 4.69) is 24.3 Å². The summed E-state index contributed by atoms with van der Waals surface area (Å²) in [6, 6.07) is 19.2. The molecule has 0 aromatic heterocycles. The van der Waals surface area contributed by atoms with Gasteiger partial charge in [-0.2, -0.15) is 0 Å². The molecule has 0 aliphatic carbocycles. The van der Waals surface area contributed by atoms with E-state index in [1.54, 1.807) is 4.90 Å². The number of carbonyl (C=O) groups is 2. The fraction of sp³-hybridized carbons (Fsp3) is 0.304. The SMILES string of the molecule is O=C1C[C@@H]2C=CC(O2)C1N1C(=O)OC[C@H]1C(c1ccccc1)c1ccccc1. The molecule has 2 aromatic carbocycles. The maximum Gasteiger partial charge on any atom is 0.410 e. The minimum atomic E-state index is -0.634. The number of ether oxygens (including phenoxy) is 2. The lowest BCUT2D eigenvalue weighted by Crippen LogP contribution is -2.56. The standard InChI is InChI=1S/C23H21NO4/c25-19-13-17-11-12-20(28-17)22(19)24-18(14-27-23(24)26)21(15-7-3-1-4-8-15)16-9-5-2-6-10-16/h1-12,17-18,20-22H,13-14H2/t17-,18-,20?,22?/m0/s1. The third-order valence-corrected chi connectivity index (χ3v) is 5.84. The zero-order chi connectivity index (χ0) is 19.1. The molecule has 4 atom stereocenters. The van der Waals surface area contributed by atoms with Crippen LogP contribution in [-0.2, 0) is 14.3 Å². The van der Waals surface area contributed by atoms with Crippen LogP contribution in [-0.4, -0.2) is 47.7 Å². The molecular formula is C23H21NO4. The summed E-state index contributed by atoms with van der Waals surface area (Å²) in [5, 5.41) is 0. The number of Topliss-reactive ketones (excluding diaryl/α,β-unsaturated/α-hetero) is 1. The van der Waals surface area contributed by atoms with E-state index in [-0.39, 0.29) is 30.5 Å². The molecular weight excluding hydrogens is 354 g/mol. The molecule has 2 saturated heterocycles. The molecule has 2 fully saturated rings. The Morgan fingerprint density at radius 1 is 0.893 bits per heavy atom. The molecule has 3 aliphatic rings. The summed E-state index contributed by atoms with van der Waals surface area (Å²) >= 11 is 0. The molecule has 0 radical (unpaired) electrons. The van der Waals surface area contributed by atoms with Crippen molar-refractivity contribution >= 4 is 11.9 Å². The predicted octanol–water partition coefficient (Wildman–Crippen LogP) is 3.30. The Labute approximate surface area is 163 Å². The van der Waals surface area contributed by atoms with E-state index in [9.17, 15) is 9.59 Å². The molecule has 5 rings (SSSR count). The van der Waals surface area contributed by atoms with E-state index in [0.29, 0.717) is 6.42 Å². The molecule has 142 valence electrons. The number of ketones is 1. The van der Waals surface area contributed by atoms with Crippen molar-refractivity contribution < 1.29 is 19.1 Å². The van der Waals surface area contributed by atoms with E-state index in [1.165, 1.54) is 0 Å². The minimum absolute atomic E-state index is 0.0370. The van der Waals surface area contributed by atoms with Crippen molar-refractivity contribution in [1.29, 1.82) is 0 Å². The Kier molecular flexibility index (Phi) is 4.24. The summed E-state index contributed by atoms with van der Waals surface area (Å²) < 4.78 is 11.4. The van der Waals surface area contributed by atoms with Crippen LogP contribution < -0.4 is 0 Å². The monoisotopic (exact) mass is 375 g/mol. The van der Waals surface area contributed by atoms with Crippen LogP contribution in [0.4, 0.5) is 4.79 Å². The predicted molar refractivity (Wildman–Crippen MR) is 103 cm³/mol. The highest BCUT2D eigenvalue weighted by molar-refractivity contribution is 5.90. The van der Waals surface area contributed by atoms with Crippen LogP contribution in [0.3, 0.4) is 0 Å². The molecule has 2 unspecified atom stereocenters. The van der Waals surface area contributed by atoms with E-state index in [0.717, 1.165) is 11.1 Å². The molecule has 5 heteroatoms. The first-order valence-electron chi connectivity index (χ1n) is 9.64. The summed E-state index contributed by atoms with van der Waals surface area (Å²) in [4.78, 5) is 27.2. The van der Waals surface area contributed by atoms with Gasteiger partial charge < -0.3 is 9.47 Å². The van der Waals surface area contributed by atoms with Crippen molar-refractivity contribution in [2.24, 2.45) is 0 Å². The number of hydrogen-bond donors (Lipinski definition) is 0. The van der Waals surface area contributed by atoms with Crippen LogP contribution in [0.1, 0.15) is 23.5 Å². The van der Waals surface area contributed by atoms with Gasteiger partial charge in [-0.05, 0) is 11.1 Å². The van der Waals surface area contributed by atoms with E-state index < -0.39 is 18.2 Å². The van der Waals surface area contributed by atoms with Gasteiger partial charge in [-0.1, -0.05) is 72.8 Å². The molecule has 2 bridgehead atoms. The average Bonchev–Trinajstić information content (AvgIpc) is 3.29. The molecule has 28 heavy (non-hydrogen) atoms. The minimum Gasteiger partial charge on any atom is -0.447 e. The van der Waals surface area contributed by atoms with Gasteiger partial charge in [0.05, 0.1) is 12.1 Å². The van der Waals surface area contributed by atoms with Gasteiger partial charge in [-0.25, -0.2) is 4.79 Å². The number of amides is 1. The second kappa shape index (κ2) is 6.91. The van der Waals surface area contributed by atoms with E-state index >= 15 is 0 Å². The van der Waals surface area contributed by atoms with Gasteiger partial charge in [-0.15, -0.1) is 0 Å². The highest BCUT2D eigenvalue weighted by atomic mass is 16.6. The smallest absolute Gasteiger partial charge is 0.410 e. The van der Waals surface area contributed by atoms with Crippen molar-refractivity contribution in [3.63, 3.8) is 0 Å². The summed E-state index contributed by atoms with van der Waals surface area (Å²) in [7, 11) is 0. The van der Waals surface area contributed by atoms with Gasteiger partial charge in [0, 0.05) is 12.3 Å². The zero-order valence-corrected chi connectivity index (χ0v) is 15.3. The summed E-state index contributed by atoms with van der Waals surface area (Å²) in [6.45, 7) is 0.247. The first-order chi connectivity index (χ1) is 13.7. The van der Waals surface area contributed by atoms with Crippen molar-refractivity contribution in [2.45, 2.75) is 36.6 Å². The van der Waals surface area contributed by atoms with E-state index in [1.807, 2.05) is 48.6 Å². The first-order valence-corrected chi connectivity index (χ1v) is 9.64. The number of benzene rings is 2. The highest BCUT2D eigenvalue weighted by Gasteiger charge is 2.51. The summed E-state index contributed by atoms with van der Waals surface area (Å²) in [6.07, 6.45) is 3.13. The molecule has 1 amide bonds. The normalized spacial score (nSPS) is 28.8. The summed E-state index contributed by atoms with van der Waals surface area (Å²) in [5.74, 6) is -0.0558. The number of nitrogens with zero attached hydrogens (tertiary/aromatic N) is 1. The molecule has 3 heterocycles. The third kappa shape index (κ3) is 2.83. The molecule has 3 aliphatic heterocycles. The highest BCUT2D eigenvalue weighted by Crippen LogP contribution is 2.38. The molecule has 0 N–H and O–H groups in total. The molecule has 0 spiro atoms. The van der Waals surface area contributed by atoms with Crippen molar-refractivity contribution in [3.8, 4) is 0 Å². The second-order valence-electron chi connectivity index (χ2n) is 7.49. The van der Waals surface area contributed by atoms with Gasteiger partial charge in [0.2, 0.25) is 0 Å². The second-order valence-corrected chi connectivity index (χ2v) is 7.49. The summed E-state index contributed by atoms with van der Waals surface area (Å²) in [5.41, 5.74) is 2.18. The first kappa shape index (κ1) is 17.2. The van der Waals surface area contributed by atoms with Gasteiger partial charge in [0.1, 0.15) is 18.8 Å². The van der Waals surface area contributed by atoms with Crippen LogP contribution in [0.25, 0.3) is 0 Å². The van der Waals surface area contributed by atoms with Crippen LogP contribution in [0, 0.1) is 0 Å². The van der Waals surface area contributed by atoms with Crippen molar-refractivity contribution in [2.75, 3.05) is 6.61 Å². The van der Waals surface area contributed by atoms with Crippen molar-refractivity contribution in [1.82, 2.24) is 4.90 Å². The Balaban J connectivity index is 1.57. The lowest BCUT2D eigenvalue weighted by Gasteiger charge is -2.39. The number of cyclic esters (lactones) is 1. The Hall–Kier alpha value is -2.92. The molecule has 5 nitrogen and oxygen atoms in total. The quantitative estimate of drug-likeness (QED) is 0.770. The Bertz CT molecular complexity index is 871. The number of rotatable bonds is 4. The Morgan fingerprint density at radius 3 is 2.18 bits per heavy atom. The fourth-order valence-corrected chi connectivity index (χ4v) is 4.62. The van der Waals surface area contributed by atoms with Gasteiger partial charge in [0.25, 0.3) is 0 Å². The van der Waals surface area contributed by atoms with Crippen LogP contribution >= 0.6 is 0 Å². The van der Waals surface area contributed by atoms with Crippen LogP contribution in [0.15, 0.2) is 72.8 Å². The average molecular weight is 375 g/mol. The van der Waals surface area contributed by atoms with Gasteiger partial charge >= 0.3 is 6.09 Å². The topological polar surface area (TPSA) is 55.8 Å². The Morgan fingerprint density at radius 2 is 1.54 bits per heavy atom. The van der Waals surface area contributed by atoms with Crippen LogP contribution in [0.5, 0.6) is 0 Å². The lowest BCUT2D eigenvalue weighted by molar-refractivity contribution is -0.138. The van der Waals surface area contributed by atoms with Crippen molar-refractivity contribution in [3.05, 3.63) is 83.9 Å². The molecule has 0 saturated carbocycles. The largest absolute Gasteiger partial charge is 0.447 e. The maximum absolute atomic E-state index is 12.9. The van der Waals surface area contributed by atoms with E-state index in [4.69, 9.17) is 9.47 Å². The van der Waals surface area contributed by atoms with Gasteiger partial charge in [-0.3, -0.25) is 9.69 Å². The number of fused-ring (bicyclic) bond motifs is 2. The third-order valence-electron chi connectivity index (χ3n) is 5.84. The number of hydrogen-bond acceptors (Lipinski definition) is 4. The molecule has 2 aromatic rings. The van der Waals surface area contributed by atoms with Crippen LogP contribution in [0.2, 0.25) is 0 Å². The lowest BCUT2D eigenvalue weighted by atomic mass is 9.83. The maximum atomic E-state index is 12.9. The zero-order valence-electron chi connectivity index (χ0n) is 15.3. The van der Waals surface area contributed by atoms with Gasteiger partial charge in [0.15, 0.2) is 5.78 Å². The number of carbonyl (C=O) groups excluding carboxylic acids is 2. The fourth-order valence-electron chi connectivity index (χ4n) is 4.62.